The van der Waals surface area contributed by atoms with Crippen LogP contribution in [0.2, 0.25) is 0 Å². The van der Waals surface area contributed by atoms with Crippen molar-refractivity contribution >= 4 is 0 Å². The fourth-order valence-electron chi connectivity index (χ4n) is 1.24. The number of hydrogen-bond donors (Lipinski definition) is 0. The van der Waals surface area contributed by atoms with E-state index < -0.39 is 0 Å². The average Bonchev–Trinajstić information content (AvgIpc) is 1.86. The van der Waals surface area contributed by atoms with Gasteiger partial charge in [0.1, 0.15) is 0 Å². The van der Waals surface area contributed by atoms with Crippen molar-refractivity contribution in [3.05, 3.63) is 11.4 Å². The minimum absolute atomic E-state index is 0.145. The first kappa shape index (κ1) is 10.5. The van der Waals surface area contributed by atoms with Gasteiger partial charge in [0, 0.05) is 19.3 Å². The van der Waals surface area contributed by atoms with E-state index in [0.29, 0.717) is 11.8 Å². The zero-order chi connectivity index (χ0) is 9.07. The molecule has 64 valence electrons. The maximum atomic E-state index is 7.11. The lowest BCUT2D eigenvalue weighted by molar-refractivity contribution is 0.331. The summed E-state index contributed by atoms with van der Waals surface area (Å²) in [5.41, 5.74) is -0.145. The third-order valence-corrected chi connectivity index (χ3v) is 2.32. The van der Waals surface area contributed by atoms with Gasteiger partial charge in [-0.2, -0.15) is 0 Å². The molecule has 0 heterocycles. The quantitative estimate of drug-likeness (QED) is 0.547. The molecule has 0 bridgehead atoms. The Morgan fingerprint density at radius 2 is 1.73 bits per heavy atom. The number of nitrogens with zero attached hydrogens (tertiary/aromatic N) is 1. The Morgan fingerprint density at radius 1 is 1.27 bits per heavy atom. The Balaban J connectivity index is 4.26. The maximum absolute atomic E-state index is 7.11. The Kier molecular flexibility index (Phi) is 3.58. The minimum atomic E-state index is -0.145. The Morgan fingerprint density at radius 3 is 1.82 bits per heavy atom. The second kappa shape index (κ2) is 3.76. The van der Waals surface area contributed by atoms with Crippen LogP contribution in [0.25, 0.3) is 4.85 Å². The molecule has 1 heteroatoms. The Bertz CT molecular complexity index is 153. The van der Waals surface area contributed by atoms with Crippen LogP contribution in [0.5, 0.6) is 0 Å². The van der Waals surface area contributed by atoms with E-state index in [1.807, 2.05) is 0 Å². The van der Waals surface area contributed by atoms with Gasteiger partial charge in [-0.05, 0) is 5.92 Å². The molecule has 0 aliphatic carbocycles. The summed E-state index contributed by atoms with van der Waals surface area (Å²) in [6.45, 7) is 17.8. The van der Waals surface area contributed by atoms with Crippen molar-refractivity contribution in [2.45, 2.75) is 46.6 Å². The Hall–Kier alpha value is -0.510. The molecule has 0 aromatic rings. The summed E-state index contributed by atoms with van der Waals surface area (Å²) in [5.74, 6) is 1.08. The second-order valence-electron chi connectivity index (χ2n) is 4.22. The zero-order valence-electron chi connectivity index (χ0n) is 8.31. The van der Waals surface area contributed by atoms with Crippen molar-refractivity contribution in [3.8, 4) is 0 Å². The first-order valence-corrected chi connectivity index (χ1v) is 4.31. The Labute approximate surface area is 70.6 Å². The molecule has 1 unspecified atom stereocenters. The molecule has 0 aliphatic heterocycles. The number of hydrogen-bond acceptors (Lipinski definition) is 0. The molecule has 0 saturated heterocycles. The fraction of sp³-hybridized carbons (Fsp3) is 0.900. The molecular weight excluding hydrogens is 134 g/mol. The molecule has 0 amide bonds. The lowest BCUT2D eigenvalue weighted by Gasteiger charge is -2.22. The lowest BCUT2D eigenvalue weighted by atomic mass is 9.82. The van der Waals surface area contributed by atoms with E-state index in [9.17, 15) is 0 Å². The van der Waals surface area contributed by atoms with Crippen molar-refractivity contribution < 1.29 is 0 Å². The van der Waals surface area contributed by atoms with Gasteiger partial charge in [0.05, 0.1) is 0 Å². The molecular formula is C10H19N. The highest BCUT2D eigenvalue weighted by Crippen LogP contribution is 2.28. The van der Waals surface area contributed by atoms with Crippen molar-refractivity contribution in [3.63, 3.8) is 0 Å². The van der Waals surface area contributed by atoms with Crippen molar-refractivity contribution in [2.75, 3.05) is 0 Å². The predicted molar refractivity (Wildman–Crippen MR) is 49.3 cm³/mol. The van der Waals surface area contributed by atoms with Crippen molar-refractivity contribution in [1.29, 1.82) is 0 Å². The first-order chi connectivity index (χ1) is 4.92. The minimum Gasteiger partial charge on any atom is -0.310 e. The molecule has 0 aliphatic rings. The van der Waals surface area contributed by atoms with Gasteiger partial charge in [-0.3, -0.25) is 0 Å². The molecule has 0 rings (SSSR count). The van der Waals surface area contributed by atoms with Crippen LogP contribution >= 0.6 is 0 Å². The number of rotatable bonds is 3. The topological polar surface area (TPSA) is 4.36 Å². The standard InChI is InChI=1S/C10H19N/c1-8(2)7-10(5,11-6)9(3)4/h8-9H,7H2,1-5H3. The van der Waals surface area contributed by atoms with E-state index in [0.717, 1.165) is 6.42 Å². The van der Waals surface area contributed by atoms with E-state index in [2.05, 4.69) is 39.5 Å². The van der Waals surface area contributed by atoms with Crippen LogP contribution in [0.3, 0.4) is 0 Å². The summed E-state index contributed by atoms with van der Waals surface area (Å²) in [6, 6.07) is 0. The predicted octanol–water partition coefficient (Wildman–Crippen LogP) is 3.37. The summed E-state index contributed by atoms with van der Waals surface area (Å²) in [4.78, 5) is 3.71. The van der Waals surface area contributed by atoms with Gasteiger partial charge >= 0.3 is 0 Å². The molecule has 11 heavy (non-hydrogen) atoms. The van der Waals surface area contributed by atoms with E-state index in [1.54, 1.807) is 0 Å². The molecule has 1 atom stereocenters. The van der Waals surface area contributed by atoms with E-state index in [-0.39, 0.29) is 5.54 Å². The van der Waals surface area contributed by atoms with Gasteiger partial charge in [0.2, 0.25) is 5.54 Å². The summed E-state index contributed by atoms with van der Waals surface area (Å²) in [7, 11) is 0. The van der Waals surface area contributed by atoms with Crippen LogP contribution in [-0.2, 0) is 0 Å². The monoisotopic (exact) mass is 153 g/mol. The fourth-order valence-corrected chi connectivity index (χ4v) is 1.24. The van der Waals surface area contributed by atoms with Crippen LogP contribution < -0.4 is 0 Å². The molecule has 0 radical (unpaired) electrons. The maximum Gasteiger partial charge on any atom is 0.232 e. The SMILES string of the molecule is [C-]#[N+]C(C)(CC(C)C)C(C)C. The van der Waals surface area contributed by atoms with Gasteiger partial charge in [0.25, 0.3) is 0 Å². The van der Waals surface area contributed by atoms with Crippen molar-refractivity contribution in [2.24, 2.45) is 11.8 Å². The molecule has 0 saturated carbocycles. The second-order valence-corrected chi connectivity index (χ2v) is 4.22. The van der Waals surface area contributed by atoms with Crippen molar-refractivity contribution in [1.82, 2.24) is 0 Å². The lowest BCUT2D eigenvalue weighted by Crippen LogP contribution is -2.28. The molecule has 0 spiro atoms. The molecule has 0 aromatic heterocycles. The third-order valence-electron chi connectivity index (χ3n) is 2.32. The average molecular weight is 153 g/mol. The zero-order valence-corrected chi connectivity index (χ0v) is 8.31. The van der Waals surface area contributed by atoms with Gasteiger partial charge in [0.15, 0.2) is 0 Å². The van der Waals surface area contributed by atoms with Crippen LogP contribution in [0.4, 0.5) is 0 Å². The molecule has 0 N–H and O–H groups in total. The summed E-state index contributed by atoms with van der Waals surface area (Å²) >= 11 is 0. The normalized spacial score (nSPS) is 16.5. The van der Waals surface area contributed by atoms with Gasteiger partial charge in [-0.1, -0.05) is 27.7 Å². The third kappa shape index (κ3) is 2.93. The van der Waals surface area contributed by atoms with E-state index >= 15 is 0 Å². The van der Waals surface area contributed by atoms with Gasteiger partial charge < -0.3 is 4.85 Å². The highest BCUT2D eigenvalue weighted by Gasteiger charge is 2.34. The highest BCUT2D eigenvalue weighted by molar-refractivity contribution is 4.97. The van der Waals surface area contributed by atoms with Crippen LogP contribution in [0, 0.1) is 18.4 Å². The largest absolute Gasteiger partial charge is 0.310 e. The summed E-state index contributed by atoms with van der Waals surface area (Å²) in [6.07, 6.45) is 1.01. The molecule has 1 nitrogen and oxygen atoms in total. The molecule has 0 aromatic carbocycles. The summed E-state index contributed by atoms with van der Waals surface area (Å²) < 4.78 is 0. The first-order valence-electron chi connectivity index (χ1n) is 4.31. The van der Waals surface area contributed by atoms with Crippen LogP contribution in [0.1, 0.15) is 41.0 Å². The van der Waals surface area contributed by atoms with Gasteiger partial charge in [-0.15, -0.1) is 0 Å². The summed E-state index contributed by atoms with van der Waals surface area (Å²) in [5, 5.41) is 0. The molecule has 0 fully saturated rings. The van der Waals surface area contributed by atoms with Gasteiger partial charge in [-0.25, -0.2) is 6.57 Å². The van der Waals surface area contributed by atoms with Crippen LogP contribution in [-0.4, -0.2) is 5.54 Å². The van der Waals surface area contributed by atoms with E-state index in [4.69, 9.17) is 6.57 Å². The smallest absolute Gasteiger partial charge is 0.232 e. The van der Waals surface area contributed by atoms with Crippen LogP contribution in [0.15, 0.2) is 0 Å². The van der Waals surface area contributed by atoms with E-state index in [1.165, 1.54) is 0 Å². The highest BCUT2D eigenvalue weighted by atomic mass is 14.8.